The maximum atomic E-state index is 12.1. The predicted octanol–water partition coefficient (Wildman–Crippen LogP) is 4.01. The lowest BCUT2D eigenvalue weighted by Gasteiger charge is -2.10. The Morgan fingerprint density at radius 3 is 2.59 bits per heavy atom. The van der Waals surface area contributed by atoms with Crippen LogP contribution >= 0.6 is 0 Å². The first-order chi connectivity index (χ1) is 13.1. The van der Waals surface area contributed by atoms with Gasteiger partial charge in [-0.2, -0.15) is 0 Å². The minimum Gasteiger partial charge on any atom is -0.491 e. The zero-order chi connectivity index (χ0) is 19.5. The van der Waals surface area contributed by atoms with Crippen molar-refractivity contribution >= 4 is 17.8 Å². The van der Waals surface area contributed by atoms with Gasteiger partial charge >= 0.3 is 5.97 Å². The number of benzene rings is 1. The molecule has 0 saturated carbocycles. The average molecular weight is 369 g/mol. The number of carboxylic acids is 1. The topological polar surface area (TPSA) is 85.7 Å². The fraction of sp³-hybridized carbons (Fsp3) is 0.286. The molecule has 0 amide bonds. The molecule has 0 unspecified atom stereocenters. The van der Waals surface area contributed by atoms with E-state index in [0.29, 0.717) is 35.8 Å². The number of hydrogen-bond acceptors (Lipinski definition) is 5. The van der Waals surface area contributed by atoms with Crippen molar-refractivity contribution in [2.24, 2.45) is 0 Å². The van der Waals surface area contributed by atoms with Crippen LogP contribution in [0, 0.1) is 0 Å². The lowest BCUT2D eigenvalue weighted by atomic mass is 10.1. The van der Waals surface area contributed by atoms with Crippen molar-refractivity contribution in [3.8, 4) is 11.5 Å². The number of nitrogens with zero attached hydrogens (tertiary/aromatic N) is 1. The van der Waals surface area contributed by atoms with E-state index in [1.165, 1.54) is 13.2 Å². The second-order valence-electron chi connectivity index (χ2n) is 5.88. The average Bonchev–Trinajstić information content (AvgIpc) is 2.69. The molecule has 1 aromatic heterocycles. The van der Waals surface area contributed by atoms with Crippen LogP contribution in [-0.2, 0) is 4.79 Å². The molecule has 142 valence electrons. The van der Waals surface area contributed by atoms with Gasteiger partial charge in [0.2, 0.25) is 0 Å². The number of ketones is 1. The molecule has 27 heavy (non-hydrogen) atoms. The third-order valence-corrected chi connectivity index (χ3v) is 3.83. The Hall–Kier alpha value is -3.15. The molecule has 0 aliphatic rings. The molecule has 6 nitrogen and oxygen atoms in total. The molecule has 2 aromatic rings. The van der Waals surface area contributed by atoms with Crippen LogP contribution in [-0.4, -0.2) is 35.6 Å². The van der Waals surface area contributed by atoms with Crippen molar-refractivity contribution in [3.63, 3.8) is 0 Å². The largest absolute Gasteiger partial charge is 0.491 e. The molecule has 0 saturated heterocycles. The van der Waals surface area contributed by atoms with E-state index in [1.807, 2.05) is 18.2 Å². The Labute approximate surface area is 158 Å². The molecule has 0 aliphatic carbocycles. The summed E-state index contributed by atoms with van der Waals surface area (Å²) in [7, 11) is 1.53. The molecule has 1 aromatic carbocycles. The summed E-state index contributed by atoms with van der Waals surface area (Å²) in [6.45, 7) is 0.450. The fourth-order valence-electron chi connectivity index (χ4n) is 2.39. The first kappa shape index (κ1) is 20.2. The Kier molecular flexibility index (Phi) is 8.03. The van der Waals surface area contributed by atoms with Gasteiger partial charge in [-0.05, 0) is 31.4 Å². The molecule has 0 fully saturated rings. The molecular formula is C21H23NO5. The SMILES string of the molecule is COc1cnc(C=CC(=O)c2ccccc2)cc1OCCCCCC(=O)O. The van der Waals surface area contributed by atoms with Crippen LogP contribution in [0.2, 0.25) is 0 Å². The van der Waals surface area contributed by atoms with Crippen LogP contribution in [0.5, 0.6) is 11.5 Å². The molecule has 6 heteroatoms. The quantitative estimate of drug-likeness (QED) is 0.366. The van der Waals surface area contributed by atoms with Crippen LogP contribution in [0.25, 0.3) is 6.08 Å². The summed E-state index contributed by atoms with van der Waals surface area (Å²) >= 11 is 0. The van der Waals surface area contributed by atoms with E-state index in [-0.39, 0.29) is 12.2 Å². The van der Waals surface area contributed by atoms with Gasteiger partial charge in [-0.15, -0.1) is 0 Å². The Bertz CT molecular complexity index is 786. The zero-order valence-electron chi connectivity index (χ0n) is 15.3. The number of hydrogen-bond donors (Lipinski definition) is 1. The standard InChI is InChI=1S/C21H23NO5/c1-26-20-15-22-17(11-12-18(23)16-8-4-2-5-9-16)14-19(20)27-13-7-3-6-10-21(24)25/h2,4-5,8-9,11-12,14-15H,3,6-7,10,13H2,1H3,(H,24,25). The number of methoxy groups -OCH3 is 1. The Balaban J connectivity index is 1.94. The van der Waals surface area contributed by atoms with Gasteiger partial charge < -0.3 is 14.6 Å². The highest BCUT2D eigenvalue weighted by atomic mass is 16.5. The van der Waals surface area contributed by atoms with Crippen LogP contribution < -0.4 is 9.47 Å². The van der Waals surface area contributed by atoms with E-state index in [4.69, 9.17) is 14.6 Å². The van der Waals surface area contributed by atoms with Gasteiger partial charge in [0.15, 0.2) is 17.3 Å². The molecule has 0 spiro atoms. The summed E-state index contributed by atoms with van der Waals surface area (Å²) in [5.74, 6) is 0.159. The zero-order valence-corrected chi connectivity index (χ0v) is 15.3. The molecule has 0 aliphatic heterocycles. The van der Waals surface area contributed by atoms with Crippen LogP contribution in [0.1, 0.15) is 41.7 Å². The van der Waals surface area contributed by atoms with E-state index < -0.39 is 5.97 Å². The second-order valence-corrected chi connectivity index (χ2v) is 5.88. The number of carbonyl (C=O) groups is 2. The predicted molar refractivity (Wildman–Crippen MR) is 102 cm³/mol. The van der Waals surface area contributed by atoms with Crippen LogP contribution in [0.4, 0.5) is 0 Å². The molecule has 0 atom stereocenters. The minimum absolute atomic E-state index is 0.103. The second kappa shape index (κ2) is 10.8. The fourth-order valence-corrected chi connectivity index (χ4v) is 2.39. The van der Waals surface area contributed by atoms with Crippen molar-refractivity contribution in [2.45, 2.75) is 25.7 Å². The Morgan fingerprint density at radius 1 is 1.11 bits per heavy atom. The summed E-state index contributed by atoms with van der Waals surface area (Å²) in [5.41, 5.74) is 1.20. The number of aliphatic carboxylic acids is 1. The lowest BCUT2D eigenvalue weighted by Crippen LogP contribution is -2.01. The van der Waals surface area contributed by atoms with Crippen molar-refractivity contribution in [2.75, 3.05) is 13.7 Å². The van der Waals surface area contributed by atoms with Crippen molar-refractivity contribution in [1.29, 1.82) is 0 Å². The number of carboxylic acid groups (broad SMARTS) is 1. The maximum absolute atomic E-state index is 12.1. The summed E-state index contributed by atoms with van der Waals surface area (Å²) in [6, 6.07) is 10.7. The van der Waals surface area contributed by atoms with Gasteiger partial charge in [-0.3, -0.25) is 14.6 Å². The van der Waals surface area contributed by atoms with Crippen molar-refractivity contribution in [3.05, 3.63) is 59.9 Å². The van der Waals surface area contributed by atoms with Gasteiger partial charge in [-0.25, -0.2) is 0 Å². The van der Waals surface area contributed by atoms with Gasteiger partial charge in [-0.1, -0.05) is 30.3 Å². The summed E-state index contributed by atoms with van der Waals surface area (Å²) in [4.78, 5) is 26.9. The van der Waals surface area contributed by atoms with Crippen LogP contribution in [0.15, 0.2) is 48.7 Å². The monoisotopic (exact) mass is 369 g/mol. The molecule has 0 radical (unpaired) electrons. The van der Waals surface area contributed by atoms with Crippen molar-refractivity contribution in [1.82, 2.24) is 4.98 Å². The van der Waals surface area contributed by atoms with E-state index >= 15 is 0 Å². The number of aromatic nitrogens is 1. The minimum atomic E-state index is -0.784. The maximum Gasteiger partial charge on any atom is 0.303 e. The summed E-state index contributed by atoms with van der Waals surface area (Å²) in [6.07, 6.45) is 6.97. The molecule has 1 heterocycles. The number of carbonyl (C=O) groups excluding carboxylic acids is 1. The van der Waals surface area contributed by atoms with Gasteiger partial charge in [0, 0.05) is 18.1 Å². The highest BCUT2D eigenvalue weighted by Crippen LogP contribution is 2.27. The lowest BCUT2D eigenvalue weighted by molar-refractivity contribution is -0.137. The molecular weight excluding hydrogens is 346 g/mol. The van der Waals surface area contributed by atoms with Gasteiger partial charge in [0.25, 0.3) is 0 Å². The van der Waals surface area contributed by atoms with Gasteiger partial charge in [0.1, 0.15) is 0 Å². The smallest absolute Gasteiger partial charge is 0.303 e. The summed E-state index contributed by atoms with van der Waals surface area (Å²) in [5, 5.41) is 8.62. The third-order valence-electron chi connectivity index (χ3n) is 3.83. The van der Waals surface area contributed by atoms with Gasteiger partial charge in [0.05, 0.1) is 25.6 Å². The highest BCUT2D eigenvalue weighted by molar-refractivity contribution is 6.06. The van der Waals surface area contributed by atoms with E-state index in [1.54, 1.807) is 30.5 Å². The third kappa shape index (κ3) is 6.93. The number of pyridine rings is 1. The van der Waals surface area contributed by atoms with Crippen LogP contribution in [0.3, 0.4) is 0 Å². The highest BCUT2D eigenvalue weighted by Gasteiger charge is 2.07. The normalized spacial score (nSPS) is 10.7. The molecule has 2 rings (SSSR count). The Morgan fingerprint density at radius 2 is 1.89 bits per heavy atom. The van der Waals surface area contributed by atoms with E-state index in [9.17, 15) is 9.59 Å². The summed E-state index contributed by atoms with van der Waals surface area (Å²) < 4.78 is 11.0. The van der Waals surface area contributed by atoms with E-state index in [2.05, 4.69) is 4.98 Å². The molecule has 0 bridgehead atoms. The number of unbranched alkanes of at least 4 members (excludes halogenated alkanes) is 2. The molecule has 1 N–H and O–H groups in total. The van der Waals surface area contributed by atoms with Crippen molar-refractivity contribution < 1.29 is 24.2 Å². The van der Waals surface area contributed by atoms with E-state index in [0.717, 1.165) is 12.8 Å². The number of ether oxygens (including phenoxy) is 2. The first-order valence-electron chi connectivity index (χ1n) is 8.76. The first-order valence-corrected chi connectivity index (χ1v) is 8.76. The number of rotatable bonds is 11. The number of allylic oxidation sites excluding steroid dienone is 1.